The largest absolute Gasteiger partial charge is 0.201 e. The number of thiocarbonyl (C=S) groups is 2. The Labute approximate surface area is 94.2 Å². The molecule has 0 aliphatic carbocycles. The van der Waals surface area contributed by atoms with Crippen LogP contribution < -0.4 is 0 Å². The van der Waals surface area contributed by atoms with E-state index in [9.17, 15) is 0 Å². The minimum absolute atomic E-state index is 0.698. The third-order valence-electron chi connectivity index (χ3n) is 1.18. The SMILES string of the molecule is CC(C)(N=C=S)N=NC(C)(C)N=C=S. The zero-order chi connectivity index (χ0) is 11.2. The highest BCUT2D eigenvalue weighted by molar-refractivity contribution is 7.78. The summed E-state index contributed by atoms with van der Waals surface area (Å²) in [5.74, 6) is 0. The second kappa shape index (κ2) is 5.17. The van der Waals surface area contributed by atoms with Crippen molar-refractivity contribution in [3.8, 4) is 0 Å². The molecule has 0 spiro atoms. The molecule has 0 radical (unpaired) electrons. The van der Waals surface area contributed by atoms with Crippen LogP contribution in [0.4, 0.5) is 0 Å². The van der Waals surface area contributed by atoms with E-state index in [2.05, 4.69) is 55.0 Å². The monoisotopic (exact) mass is 228 g/mol. The lowest BCUT2D eigenvalue weighted by Crippen LogP contribution is -2.16. The Bertz CT molecular complexity index is 288. The van der Waals surface area contributed by atoms with E-state index in [4.69, 9.17) is 0 Å². The second-order valence-corrected chi connectivity index (χ2v) is 3.96. The Hall–Kier alpha value is -0.800. The topological polar surface area (TPSA) is 49.4 Å². The molecule has 76 valence electrons. The van der Waals surface area contributed by atoms with Gasteiger partial charge in [0.15, 0.2) is 11.3 Å². The molecule has 0 aliphatic heterocycles. The van der Waals surface area contributed by atoms with Crippen LogP contribution in [-0.2, 0) is 0 Å². The number of isothiocyanates is 2. The van der Waals surface area contributed by atoms with Gasteiger partial charge in [-0.15, -0.1) is 0 Å². The summed E-state index contributed by atoms with van der Waals surface area (Å²) in [4.78, 5) is 7.67. The molecule has 0 bridgehead atoms. The average Bonchev–Trinajstić information content (AvgIpc) is 2.01. The van der Waals surface area contributed by atoms with E-state index in [1.807, 2.05) is 0 Å². The zero-order valence-electron chi connectivity index (χ0n) is 8.61. The minimum atomic E-state index is -0.698. The summed E-state index contributed by atoms with van der Waals surface area (Å²) in [6, 6.07) is 0. The van der Waals surface area contributed by atoms with Crippen LogP contribution in [0.15, 0.2) is 20.2 Å². The molecule has 0 atom stereocenters. The average molecular weight is 228 g/mol. The molecule has 14 heavy (non-hydrogen) atoms. The van der Waals surface area contributed by atoms with Gasteiger partial charge >= 0.3 is 0 Å². The first-order chi connectivity index (χ1) is 6.33. The quantitative estimate of drug-likeness (QED) is 0.421. The Morgan fingerprint density at radius 3 is 1.29 bits per heavy atom. The normalized spacial score (nSPS) is 12.0. The van der Waals surface area contributed by atoms with Gasteiger partial charge in [-0.1, -0.05) is 0 Å². The third kappa shape index (κ3) is 5.78. The molecular formula is C8H12N4S2. The summed E-state index contributed by atoms with van der Waals surface area (Å²) in [6.07, 6.45) is 0. The Morgan fingerprint density at radius 1 is 0.786 bits per heavy atom. The molecule has 0 saturated carbocycles. The fourth-order valence-electron chi connectivity index (χ4n) is 0.513. The summed E-state index contributed by atoms with van der Waals surface area (Å²) >= 11 is 8.98. The van der Waals surface area contributed by atoms with Crippen LogP contribution in [0.2, 0.25) is 0 Å². The van der Waals surface area contributed by atoms with Gasteiger partial charge in [0.05, 0.1) is 10.3 Å². The highest BCUT2D eigenvalue weighted by Gasteiger charge is 2.18. The molecule has 0 rings (SSSR count). The third-order valence-corrected chi connectivity index (χ3v) is 1.36. The lowest BCUT2D eigenvalue weighted by molar-refractivity contribution is 0.445. The zero-order valence-corrected chi connectivity index (χ0v) is 10.2. The molecule has 0 aromatic rings. The van der Waals surface area contributed by atoms with Gasteiger partial charge < -0.3 is 0 Å². The number of rotatable bonds is 4. The van der Waals surface area contributed by atoms with Crippen LogP contribution in [0, 0.1) is 0 Å². The predicted octanol–water partition coefficient (Wildman–Crippen LogP) is 3.12. The first kappa shape index (κ1) is 13.2. The summed E-state index contributed by atoms with van der Waals surface area (Å²) in [6.45, 7) is 7.08. The summed E-state index contributed by atoms with van der Waals surface area (Å²) < 4.78 is 0. The molecule has 0 aliphatic rings. The van der Waals surface area contributed by atoms with Crippen LogP contribution in [-0.4, -0.2) is 21.6 Å². The van der Waals surface area contributed by atoms with Crippen molar-refractivity contribution in [2.24, 2.45) is 20.2 Å². The van der Waals surface area contributed by atoms with E-state index in [1.54, 1.807) is 27.7 Å². The number of hydrogen-bond donors (Lipinski definition) is 0. The smallest absolute Gasteiger partial charge is 0.175 e. The van der Waals surface area contributed by atoms with E-state index >= 15 is 0 Å². The van der Waals surface area contributed by atoms with E-state index < -0.39 is 11.3 Å². The van der Waals surface area contributed by atoms with Crippen LogP contribution in [0.1, 0.15) is 27.7 Å². The number of azo groups is 1. The summed E-state index contributed by atoms with van der Waals surface area (Å²) in [5.41, 5.74) is -1.40. The molecule has 6 heteroatoms. The lowest BCUT2D eigenvalue weighted by Gasteiger charge is -2.14. The predicted molar refractivity (Wildman–Crippen MR) is 63.1 cm³/mol. The minimum Gasteiger partial charge on any atom is -0.201 e. The molecule has 0 N–H and O–H groups in total. The van der Waals surface area contributed by atoms with Gasteiger partial charge in [0, 0.05) is 0 Å². The van der Waals surface area contributed by atoms with Gasteiger partial charge in [-0.3, -0.25) is 0 Å². The second-order valence-electron chi connectivity index (χ2n) is 3.60. The van der Waals surface area contributed by atoms with E-state index in [0.29, 0.717) is 0 Å². The number of aliphatic imine (C=N–C) groups is 2. The Balaban J connectivity index is 4.74. The van der Waals surface area contributed by atoms with Crippen molar-refractivity contribution in [1.82, 2.24) is 0 Å². The number of nitrogens with zero attached hydrogens (tertiary/aromatic N) is 4. The Morgan fingerprint density at radius 2 is 1.07 bits per heavy atom. The van der Waals surface area contributed by atoms with Crippen molar-refractivity contribution in [2.75, 3.05) is 0 Å². The van der Waals surface area contributed by atoms with Crippen molar-refractivity contribution in [1.29, 1.82) is 0 Å². The molecule has 0 heterocycles. The summed E-state index contributed by atoms with van der Waals surface area (Å²) in [5, 5.41) is 12.5. The first-order valence-electron chi connectivity index (χ1n) is 3.95. The highest BCUT2D eigenvalue weighted by Crippen LogP contribution is 2.16. The van der Waals surface area contributed by atoms with Crippen molar-refractivity contribution >= 4 is 34.8 Å². The van der Waals surface area contributed by atoms with Gasteiger partial charge in [0.2, 0.25) is 0 Å². The Kier molecular flexibility index (Phi) is 4.88. The van der Waals surface area contributed by atoms with Crippen LogP contribution in [0.5, 0.6) is 0 Å². The van der Waals surface area contributed by atoms with Crippen LogP contribution in [0.25, 0.3) is 0 Å². The molecule has 0 saturated heterocycles. The molecular weight excluding hydrogens is 216 g/mol. The van der Waals surface area contributed by atoms with E-state index in [0.717, 1.165) is 0 Å². The lowest BCUT2D eigenvalue weighted by atomic mass is 10.3. The van der Waals surface area contributed by atoms with Crippen molar-refractivity contribution in [3.05, 3.63) is 0 Å². The van der Waals surface area contributed by atoms with Crippen LogP contribution in [0.3, 0.4) is 0 Å². The van der Waals surface area contributed by atoms with E-state index in [-0.39, 0.29) is 0 Å². The molecule has 0 amide bonds. The van der Waals surface area contributed by atoms with Crippen molar-refractivity contribution in [3.63, 3.8) is 0 Å². The maximum Gasteiger partial charge on any atom is 0.175 e. The van der Waals surface area contributed by atoms with Crippen LogP contribution >= 0.6 is 24.4 Å². The van der Waals surface area contributed by atoms with Gasteiger partial charge in [-0.05, 0) is 52.1 Å². The fourth-order valence-corrected chi connectivity index (χ4v) is 0.960. The maximum atomic E-state index is 4.49. The first-order valence-corrected chi connectivity index (χ1v) is 4.77. The van der Waals surface area contributed by atoms with E-state index in [1.165, 1.54) is 0 Å². The van der Waals surface area contributed by atoms with Gasteiger partial charge in [-0.25, -0.2) is 9.98 Å². The highest BCUT2D eigenvalue weighted by atomic mass is 32.1. The number of hydrogen-bond acceptors (Lipinski definition) is 6. The molecule has 4 nitrogen and oxygen atoms in total. The summed E-state index contributed by atoms with van der Waals surface area (Å²) in [7, 11) is 0. The van der Waals surface area contributed by atoms with Crippen molar-refractivity contribution in [2.45, 2.75) is 39.0 Å². The fraction of sp³-hybridized carbons (Fsp3) is 0.750. The molecule has 0 aromatic heterocycles. The molecule has 0 aromatic carbocycles. The maximum absolute atomic E-state index is 4.49. The van der Waals surface area contributed by atoms with Crippen molar-refractivity contribution < 1.29 is 0 Å². The molecule has 0 fully saturated rings. The standard InChI is InChI=1S/C8H12N4S2/c1-7(2,9-5-13)11-12-8(3,4)10-6-14/h1-4H3. The van der Waals surface area contributed by atoms with Gasteiger partial charge in [0.25, 0.3) is 0 Å². The van der Waals surface area contributed by atoms with Gasteiger partial charge in [0.1, 0.15) is 0 Å². The van der Waals surface area contributed by atoms with Gasteiger partial charge in [-0.2, -0.15) is 10.2 Å². The molecule has 0 unspecified atom stereocenters.